The molecule has 0 saturated carbocycles. The molecule has 1 rings (SSSR count). The van der Waals surface area contributed by atoms with Gasteiger partial charge in [-0.25, -0.2) is 4.98 Å². The monoisotopic (exact) mass is 159 g/mol. The van der Waals surface area contributed by atoms with Crippen molar-refractivity contribution >= 4 is 11.6 Å². The van der Waals surface area contributed by atoms with E-state index in [9.17, 15) is 0 Å². The van der Waals surface area contributed by atoms with Gasteiger partial charge in [0.05, 0.1) is 0 Å². The molecule has 10 heavy (non-hydrogen) atoms. The smallest absolute Gasteiger partial charge is 0.242 e. The Balaban J connectivity index is 3.03. The zero-order chi connectivity index (χ0) is 7.72. The average Bonchev–Trinajstić information content (AvgIpc) is 2.10. The van der Waals surface area contributed by atoms with Gasteiger partial charge in [-0.15, -0.1) is 5.10 Å². The minimum absolute atomic E-state index is 0.325. The highest BCUT2D eigenvalue weighted by Gasteiger charge is 2.07. The van der Waals surface area contributed by atoms with Crippen molar-refractivity contribution in [1.29, 1.82) is 0 Å². The van der Waals surface area contributed by atoms with Gasteiger partial charge in [0.2, 0.25) is 5.28 Å². The second-order valence-electron chi connectivity index (χ2n) is 2.52. The molecule has 0 unspecified atom stereocenters. The zero-order valence-corrected chi connectivity index (χ0v) is 7.05. The Hall–Kier alpha value is -0.570. The van der Waals surface area contributed by atoms with E-state index in [1.165, 1.54) is 0 Å². The first-order valence-corrected chi connectivity index (χ1v) is 3.55. The molecule has 1 heterocycles. The summed E-state index contributed by atoms with van der Waals surface area (Å²) in [7, 11) is 1.84. The maximum Gasteiger partial charge on any atom is 0.242 e. The average molecular weight is 160 g/mol. The number of hydrogen-bond acceptors (Lipinski definition) is 2. The van der Waals surface area contributed by atoms with Crippen molar-refractivity contribution in [3.8, 4) is 0 Å². The summed E-state index contributed by atoms with van der Waals surface area (Å²) in [5.74, 6) is 1.30. The van der Waals surface area contributed by atoms with Crippen LogP contribution in [0, 0.1) is 0 Å². The third kappa shape index (κ3) is 1.29. The van der Waals surface area contributed by atoms with Crippen molar-refractivity contribution in [3.05, 3.63) is 11.1 Å². The predicted octanol–water partition coefficient (Wildman–Crippen LogP) is 1.59. The lowest BCUT2D eigenvalue weighted by molar-refractivity contribution is 0.655. The molecule has 3 nitrogen and oxygen atoms in total. The molecule has 0 atom stereocenters. The lowest BCUT2D eigenvalue weighted by Gasteiger charge is -2.00. The molecule has 1 aromatic heterocycles. The molecule has 0 radical (unpaired) electrons. The quantitative estimate of drug-likeness (QED) is 0.623. The summed E-state index contributed by atoms with van der Waals surface area (Å²) >= 11 is 5.57. The Morgan fingerprint density at radius 1 is 1.50 bits per heavy atom. The molecule has 0 amide bonds. The van der Waals surface area contributed by atoms with E-state index in [1.807, 2.05) is 7.05 Å². The van der Waals surface area contributed by atoms with Crippen molar-refractivity contribution < 1.29 is 0 Å². The van der Waals surface area contributed by atoms with Crippen LogP contribution in [-0.2, 0) is 7.05 Å². The molecule has 0 aromatic carbocycles. The molecular formula is C6H10ClN3. The molecule has 0 bridgehead atoms. The van der Waals surface area contributed by atoms with E-state index in [4.69, 9.17) is 11.6 Å². The van der Waals surface area contributed by atoms with Crippen molar-refractivity contribution in [1.82, 2.24) is 14.8 Å². The summed E-state index contributed by atoms with van der Waals surface area (Å²) in [4.78, 5) is 4.03. The lowest BCUT2D eigenvalue weighted by atomic mass is 10.2. The standard InChI is InChI=1S/C6H10ClN3/c1-4(2)5-8-6(7)9-10(5)3/h4H,1-3H3. The van der Waals surface area contributed by atoms with E-state index < -0.39 is 0 Å². The zero-order valence-electron chi connectivity index (χ0n) is 6.30. The van der Waals surface area contributed by atoms with Gasteiger partial charge >= 0.3 is 0 Å². The van der Waals surface area contributed by atoms with Crippen molar-refractivity contribution in [2.75, 3.05) is 0 Å². The van der Waals surface area contributed by atoms with E-state index in [-0.39, 0.29) is 0 Å². The first kappa shape index (κ1) is 7.54. The van der Waals surface area contributed by atoms with Gasteiger partial charge in [-0.2, -0.15) is 0 Å². The molecule has 0 fully saturated rings. The Kier molecular flexibility index (Phi) is 1.94. The summed E-state index contributed by atoms with van der Waals surface area (Å²) < 4.78 is 1.70. The van der Waals surface area contributed by atoms with E-state index in [0.29, 0.717) is 11.2 Å². The molecule has 0 aliphatic rings. The van der Waals surface area contributed by atoms with Crippen LogP contribution in [0.15, 0.2) is 0 Å². The molecule has 1 aromatic rings. The fraction of sp³-hybridized carbons (Fsp3) is 0.667. The van der Waals surface area contributed by atoms with Crippen LogP contribution in [0.1, 0.15) is 25.6 Å². The summed E-state index contributed by atoms with van der Waals surface area (Å²) in [5.41, 5.74) is 0. The van der Waals surface area contributed by atoms with Crippen molar-refractivity contribution in [2.45, 2.75) is 19.8 Å². The predicted molar refractivity (Wildman–Crippen MR) is 40.1 cm³/mol. The molecule has 0 aliphatic carbocycles. The second-order valence-corrected chi connectivity index (χ2v) is 2.86. The largest absolute Gasteiger partial charge is 0.251 e. The van der Waals surface area contributed by atoms with Crippen LogP contribution in [-0.4, -0.2) is 14.8 Å². The normalized spacial score (nSPS) is 10.9. The summed E-state index contributed by atoms with van der Waals surface area (Å²) in [5, 5.41) is 4.23. The van der Waals surface area contributed by atoms with Gasteiger partial charge in [0.25, 0.3) is 0 Å². The summed E-state index contributed by atoms with van der Waals surface area (Å²) in [6, 6.07) is 0. The van der Waals surface area contributed by atoms with Crippen LogP contribution >= 0.6 is 11.6 Å². The number of aryl methyl sites for hydroxylation is 1. The molecule has 0 aliphatic heterocycles. The Morgan fingerprint density at radius 2 is 2.10 bits per heavy atom. The van der Waals surface area contributed by atoms with Gasteiger partial charge in [-0.1, -0.05) is 13.8 Å². The first-order valence-electron chi connectivity index (χ1n) is 3.17. The summed E-state index contributed by atoms with van der Waals surface area (Å²) in [6.07, 6.45) is 0. The fourth-order valence-corrected chi connectivity index (χ4v) is 1.07. The third-order valence-electron chi connectivity index (χ3n) is 1.29. The van der Waals surface area contributed by atoms with E-state index in [2.05, 4.69) is 23.9 Å². The Labute approximate surface area is 65.0 Å². The number of halogens is 1. The molecule has 0 N–H and O–H groups in total. The Morgan fingerprint density at radius 3 is 2.30 bits per heavy atom. The number of hydrogen-bond donors (Lipinski definition) is 0. The number of rotatable bonds is 1. The van der Waals surface area contributed by atoms with E-state index >= 15 is 0 Å². The molecular weight excluding hydrogens is 150 g/mol. The van der Waals surface area contributed by atoms with Gasteiger partial charge in [0, 0.05) is 13.0 Å². The maximum absolute atomic E-state index is 5.57. The number of aromatic nitrogens is 3. The van der Waals surface area contributed by atoms with Gasteiger partial charge in [0.15, 0.2) is 0 Å². The molecule has 56 valence electrons. The maximum atomic E-state index is 5.57. The Bertz CT molecular complexity index is 229. The highest BCUT2D eigenvalue weighted by atomic mass is 35.5. The van der Waals surface area contributed by atoms with Crippen molar-refractivity contribution in [3.63, 3.8) is 0 Å². The third-order valence-corrected chi connectivity index (χ3v) is 1.45. The van der Waals surface area contributed by atoms with Gasteiger partial charge < -0.3 is 0 Å². The van der Waals surface area contributed by atoms with Crippen LogP contribution in [0.5, 0.6) is 0 Å². The minimum atomic E-state index is 0.325. The van der Waals surface area contributed by atoms with Crippen LogP contribution < -0.4 is 0 Å². The summed E-state index contributed by atoms with van der Waals surface area (Å²) in [6.45, 7) is 4.11. The van der Waals surface area contributed by atoms with Crippen LogP contribution in [0.2, 0.25) is 5.28 Å². The molecule has 4 heteroatoms. The molecule has 0 spiro atoms. The van der Waals surface area contributed by atoms with Crippen LogP contribution in [0.25, 0.3) is 0 Å². The molecule has 0 saturated heterocycles. The van der Waals surface area contributed by atoms with E-state index in [0.717, 1.165) is 5.82 Å². The van der Waals surface area contributed by atoms with Crippen LogP contribution in [0.3, 0.4) is 0 Å². The minimum Gasteiger partial charge on any atom is -0.251 e. The lowest BCUT2D eigenvalue weighted by Crippen LogP contribution is -2.00. The van der Waals surface area contributed by atoms with Crippen LogP contribution in [0.4, 0.5) is 0 Å². The highest BCUT2D eigenvalue weighted by Crippen LogP contribution is 2.12. The van der Waals surface area contributed by atoms with Gasteiger partial charge in [-0.05, 0) is 11.6 Å². The topological polar surface area (TPSA) is 30.7 Å². The second kappa shape index (κ2) is 2.58. The fourth-order valence-electron chi connectivity index (χ4n) is 0.867. The van der Waals surface area contributed by atoms with Gasteiger partial charge in [0.1, 0.15) is 5.82 Å². The SMILES string of the molecule is CC(C)c1nc(Cl)nn1C. The van der Waals surface area contributed by atoms with Crippen molar-refractivity contribution in [2.24, 2.45) is 7.05 Å². The highest BCUT2D eigenvalue weighted by molar-refractivity contribution is 6.28. The van der Waals surface area contributed by atoms with E-state index in [1.54, 1.807) is 4.68 Å². The first-order chi connectivity index (χ1) is 4.61. The number of nitrogens with zero attached hydrogens (tertiary/aromatic N) is 3. The van der Waals surface area contributed by atoms with Gasteiger partial charge in [-0.3, -0.25) is 4.68 Å².